The van der Waals surface area contributed by atoms with Gasteiger partial charge in [-0.2, -0.15) is 0 Å². The summed E-state index contributed by atoms with van der Waals surface area (Å²) in [4.78, 5) is 4.95. The van der Waals surface area contributed by atoms with Gasteiger partial charge in [-0.05, 0) is 31.5 Å². The molecule has 106 valence electrons. The number of hydrogen-bond acceptors (Lipinski definition) is 3. The van der Waals surface area contributed by atoms with Gasteiger partial charge in [-0.25, -0.2) is 0 Å². The molecule has 19 heavy (non-hydrogen) atoms. The molecule has 0 saturated carbocycles. The molecule has 0 aromatic heterocycles. The maximum absolute atomic E-state index is 6.26. The average molecular weight is 282 g/mol. The first-order valence-electron chi connectivity index (χ1n) is 7.19. The Labute approximate surface area is 121 Å². The zero-order valence-electron chi connectivity index (χ0n) is 11.7. The van der Waals surface area contributed by atoms with Gasteiger partial charge in [-0.15, -0.1) is 0 Å². The van der Waals surface area contributed by atoms with Gasteiger partial charge in [0.05, 0.1) is 10.7 Å². The van der Waals surface area contributed by atoms with Crippen molar-refractivity contribution in [1.82, 2.24) is 4.90 Å². The Balaban J connectivity index is 1.94. The highest BCUT2D eigenvalue weighted by atomic mass is 35.5. The van der Waals surface area contributed by atoms with Crippen LogP contribution in [0.25, 0.3) is 0 Å². The Morgan fingerprint density at radius 3 is 2.47 bits per heavy atom. The molecule has 1 aromatic carbocycles. The van der Waals surface area contributed by atoms with Crippen molar-refractivity contribution in [2.75, 3.05) is 37.6 Å². The molecule has 1 aliphatic heterocycles. The standard InChI is InChI=1S/C15H24ClN3/c1-2-13(7-8-17)18-9-11-19(12-10-18)15-6-4-3-5-14(15)16/h3-6,13H,2,7-12,17H2,1H3. The lowest BCUT2D eigenvalue weighted by Crippen LogP contribution is -2.50. The average Bonchev–Trinajstić information content (AvgIpc) is 2.46. The maximum atomic E-state index is 6.26. The molecule has 2 rings (SSSR count). The third-order valence-corrected chi connectivity index (χ3v) is 4.31. The Hall–Kier alpha value is -0.770. The summed E-state index contributed by atoms with van der Waals surface area (Å²) in [6.45, 7) is 7.33. The van der Waals surface area contributed by atoms with Crippen LogP contribution in [-0.4, -0.2) is 43.7 Å². The van der Waals surface area contributed by atoms with Gasteiger partial charge in [-0.1, -0.05) is 30.7 Å². The molecular formula is C15H24ClN3. The van der Waals surface area contributed by atoms with E-state index >= 15 is 0 Å². The Morgan fingerprint density at radius 2 is 1.89 bits per heavy atom. The number of para-hydroxylation sites is 1. The second-order valence-electron chi connectivity index (χ2n) is 5.11. The van der Waals surface area contributed by atoms with Crippen molar-refractivity contribution in [3.8, 4) is 0 Å². The maximum Gasteiger partial charge on any atom is 0.0639 e. The van der Waals surface area contributed by atoms with Crippen molar-refractivity contribution in [3.63, 3.8) is 0 Å². The molecule has 0 radical (unpaired) electrons. The minimum absolute atomic E-state index is 0.637. The van der Waals surface area contributed by atoms with E-state index in [1.54, 1.807) is 0 Å². The minimum atomic E-state index is 0.637. The van der Waals surface area contributed by atoms with Crippen molar-refractivity contribution in [3.05, 3.63) is 29.3 Å². The van der Waals surface area contributed by atoms with E-state index in [1.165, 1.54) is 6.42 Å². The number of benzene rings is 1. The summed E-state index contributed by atoms with van der Waals surface area (Å²) < 4.78 is 0. The van der Waals surface area contributed by atoms with Crippen molar-refractivity contribution in [1.29, 1.82) is 0 Å². The van der Waals surface area contributed by atoms with Crippen molar-refractivity contribution in [2.45, 2.75) is 25.8 Å². The topological polar surface area (TPSA) is 32.5 Å². The van der Waals surface area contributed by atoms with E-state index in [0.717, 1.165) is 49.9 Å². The number of nitrogens with zero attached hydrogens (tertiary/aromatic N) is 2. The van der Waals surface area contributed by atoms with Crippen LogP contribution in [0, 0.1) is 0 Å². The second-order valence-corrected chi connectivity index (χ2v) is 5.52. The van der Waals surface area contributed by atoms with E-state index in [0.29, 0.717) is 6.04 Å². The van der Waals surface area contributed by atoms with Gasteiger partial charge in [0.15, 0.2) is 0 Å². The number of anilines is 1. The van der Waals surface area contributed by atoms with Crippen LogP contribution in [0.3, 0.4) is 0 Å². The molecule has 1 heterocycles. The summed E-state index contributed by atoms with van der Waals surface area (Å²) in [7, 11) is 0. The molecule has 1 saturated heterocycles. The molecule has 1 aromatic rings. The first-order chi connectivity index (χ1) is 9.26. The first-order valence-corrected chi connectivity index (χ1v) is 7.57. The molecule has 0 amide bonds. The first kappa shape index (κ1) is 14.6. The van der Waals surface area contributed by atoms with E-state index in [2.05, 4.69) is 28.9 Å². The lowest BCUT2D eigenvalue weighted by atomic mass is 10.1. The molecule has 3 nitrogen and oxygen atoms in total. The van der Waals surface area contributed by atoms with E-state index in [9.17, 15) is 0 Å². The molecule has 1 atom stereocenters. The van der Waals surface area contributed by atoms with Crippen LogP contribution in [0.4, 0.5) is 5.69 Å². The van der Waals surface area contributed by atoms with Crippen molar-refractivity contribution in [2.24, 2.45) is 5.73 Å². The minimum Gasteiger partial charge on any atom is -0.368 e. The highest BCUT2D eigenvalue weighted by Crippen LogP contribution is 2.26. The summed E-state index contributed by atoms with van der Waals surface area (Å²) >= 11 is 6.26. The van der Waals surface area contributed by atoms with Crippen LogP contribution < -0.4 is 10.6 Å². The van der Waals surface area contributed by atoms with E-state index in [-0.39, 0.29) is 0 Å². The Kier molecular flexibility index (Phi) is 5.49. The van der Waals surface area contributed by atoms with E-state index in [1.807, 2.05) is 12.1 Å². The summed E-state index contributed by atoms with van der Waals surface area (Å²) in [6.07, 6.45) is 2.28. The SMILES string of the molecule is CCC(CCN)N1CCN(c2ccccc2Cl)CC1. The summed E-state index contributed by atoms with van der Waals surface area (Å²) in [5.41, 5.74) is 6.86. The number of hydrogen-bond donors (Lipinski definition) is 1. The van der Waals surface area contributed by atoms with Crippen molar-refractivity contribution >= 4 is 17.3 Å². The molecule has 0 aliphatic carbocycles. The van der Waals surface area contributed by atoms with E-state index < -0.39 is 0 Å². The van der Waals surface area contributed by atoms with Gasteiger partial charge in [0.25, 0.3) is 0 Å². The van der Waals surface area contributed by atoms with Crippen molar-refractivity contribution < 1.29 is 0 Å². The van der Waals surface area contributed by atoms with Crippen LogP contribution in [0.2, 0.25) is 5.02 Å². The zero-order valence-corrected chi connectivity index (χ0v) is 12.4. The fraction of sp³-hybridized carbons (Fsp3) is 0.600. The third-order valence-electron chi connectivity index (χ3n) is 3.99. The second kappa shape index (κ2) is 7.13. The monoisotopic (exact) mass is 281 g/mol. The van der Waals surface area contributed by atoms with Crippen LogP contribution in [0.15, 0.2) is 24.3 Å². The van der Waals surface area contributed by atoms with Gasteiger partial charge in [0.1, 0.15) is 0 Å². The fourth-order valence-corrected chi connectivity index (χ4v) is 3.13. The zero-order chi connectivity index (χ0) is 13.7. The van der Waals surface area contributed by atoms with Crippen LogP contribution in [0.5, 0.6) is 0 Å². The Morgan fingerprint density at radius 1 is 1.21 bits per heavy atom. The summed E-state index contributed by atoms with van der Waals surface area (Å²) in [5, 5.41) is 0.852. The Bertz CT molecular complexity index is 389. The highest BCUT2D eigenvalue weighted by Gasteiger charge is 2.23. The molecule has 2 N–H and O–H groups in total. The van der Waals surface area contributed by atoms with Crippen LogP contribution >= 0.6 is 11.6 Å². The molecule has 1 unspecified atom stereocenters. The normalized spacial score (nSPS) is 18.6. The molecular weight excluding hydrogens is 258 g/mol. The lowest BCUT2D eigenvalue weighted by Gasteiger charge is -2.40. The smallest absolute Gasteiger partial charge is 0.0639 e. The fourth-order valence-electron chi connectivity index (χ4n) is 2.87. The molecule has 4 heteroatoms. The summed E-state index contributed by atoms with van der Waals surface area (Å²) in [6, 6.07) is 8.74. The van der Waals surface area contributed by atoms with Gasteiger partial charge >= 0.3 is 0 Å². The van der Waals surface area contributed by atoms with Gasteiger partial charge < -0.3 is 10.6 Å². The predicted molar refractivity (Wildman–Crippen MR) is 83.0 cm³/mol. The number of nitrogens with two attached hydrogens (primary N) is 1. The lowest BCUT2D eigenvalue weighted by molar-refractivity contribution is 0.173. The van der Waals surface area contributed by atoms with Gasteiger partial charge in [0, 0.05) is 32.2 Å². The molecule has 0 spiro atoms. The van der Waals surface area contributed by atoms with E-state index in [4.69, 9.17) is 17.3 Å². The van der Waals surface area contributed by atoms with Gasteiger partial charge in [0.2, 0.25) is 0 Å². The number of rotatable bonds is 5. The van der Waals surface area contributed by atoms with Gasteiger partial charge in [-0.3, -0.25) is 4.90 Å². The number of piperazine rings is 1. The van der Waals surface area contributed by atoms with Crippen LogP contribution in [-0.2, 0) is 0 Å². The quantitative estimate of drug-likeness (QED) is 0.900. The molecule has 1 fully saturated rings. The third kappa shape index (κ3) is 3.62. The molecule has 0 bridgehead atoms. The predicted octanol–water partition coefficient (Wildman–Crippen LogP) is 2.59. The molecule has 1 aliphatic rings. The number of halogens is 1. The van der Waals surface area contributed by atoms with Crippen LogP contribution in [0.1, 0.15) is 19.8 Å². The largest absolute Gasteiger partial charge is 0.368 e. The highest BCUT2D eigenvalue weighted by molar-refractivity contribution is 6.33. The summed E-state index contributed by atoms with van der Waals surface area (Å²) in [5.74, 6) is 0.